The SMILES string of the molecule is Clc1ccc(Cl)c(OCC2CCCCN2)c1. The van der Waals surface area contributed by atoms with Crippen molar-refractivity contribution in [3.63, 3.8) is 0 Å². The normalized spacial score (nSPS) is 20.8. The molecule has 1 N–H and O–H groups in total. The van der Waals surface area contributed by atoms with Gasteiger partial charge in [0.15, 0.2) is 0 Å². The zero-order valence-corrected chi connectivity index (χ0v) is 10.5. The zero-order valence-electron chi connectivity index (χ0n) is 9.01. The second-order valence-corrected chi connectivity index (χ2v) is 4.88. The minimum Gasteiger partial charge on any atom is -0.490 e. The highest BCUT2D eigenvalue weighted by molar-refractivity contribution is 6.34. The van der Waals surface area contributed by atoms with E-state index >= 15 is 0 Å². The van der Waals surface area contributed by atoms with Gasteiger partial charge in [0.05, 0.1) is 5.02 Å². The quantitative estimate of drug-likeness (QED) is 0.897. The van der Waals surface area contributed by atoms with Crippen molar-refractivity contribution in [3.05, 3.63) is 28.2 Å². The predicted octanol–water partition coefficient (Wildman–Crippen LogP) is 3.51. The molecule has 0 amide bonds. The Morgan fingerprint density at radius 2 is 2.19 bits per heavy atom. The number of ether oxygens (including phenoxy) is 1. The molecule has 0 bridgehead atoms. The molecule has 1 saturated heterocycles. The summed E-state index contributed by atoms with van der Waals surface area (Å²) in [6.07, 6.45) is 3.69. The molecule has 1 aliphatic heterocycles. The van der Waals surface area contributed by atoms with Gasteiger partial charge in [-0.3, -0.25) is 0 Å². The number of rotatable bonds is 3. The van der Waals surface area contributed by atoms with E-state index in [1.54, 1.807) is 18.2 Å². The Bertz CT molecular complexity index is 351. The first-order chi connectivity index (χ1) is 7.75. The Hall–Kier alpha value is -0.440. The van der Waals surface area contributed by atoms with E-state index in [2.05, 4.69) is 5.32 Å². The third kappa shape index (κ3) is 3.27. The fourth-order valence-electron chi connectivity index (χ4n) is 1.84. The van der Waals surface area contributed by atoms with E-state index in [0.29, 0.717) is 28.4 Å². The lowest BCUT2D eigenvalue weighted by atomic mass is 10.1. The van der Waals surface area contributed by atoms with Crippen molar-refractivity contribution in [2.45, 2.75) is 25.3 Å². The molecule has 1 unspecified atom stereocenters. The first kappa shape index (κ1) is 12.0. The van der Waals surface area contributed by atoms with Crippen molar-refractivity contribution in [1.82, 2.24) is 5.32 Å². The smallest absolute Gasteiger partial charge is 0.139 e. The summed E-state index contributed by atoms with van der Waals surface area (Å²) < 4.78 is 5.68. The van der Waals surface area contributed by atoms with Gasteiger partial charge in [0.1, 0.15) is 12.4 Å². The van der Waals surface area contributed by atoms with Gasteiger partial charge >= 0.3 is 0 Å². The lowest BCUT2D eigenvalue weighted by molar-refractivity contribution is 0.239. The summed E-state index contributed by atoms with van der Waals surface area (Å²) in [4.78, 5) is 0. The molecule has 0 radical (unpaired) electrons. The molecule has 0 spiro atoms. The van der Waals surface area contributed by atoms with Crippen LogP contribution in [-0.2, 0) is 0 Å². The average molecular weight is 260 g/mol. The van der Waals surface area contributed by atoms with Crippen LogP contribution in [0, 0.1) is 0 Å². The fraction of sp³-hybridized carbons (Fsp3) is 0.500. The summed E-state index contributed by atoms with van der Waals surface area (Å²) >= 11 is 11.9. The molecule has 1 atom stereocenters. The van der Waals surface area contributed by atoms with Crippen LogP contribution in [0.1, 0.15) is 19.3 Å². The number of nitrogens with one attached hydrogen (secondary N) is 1. The fourth-order valence-corrected chi connectivity index (χ4v) is 2.18. The lowest BCUT2D eigenvalue weighted by Crippen LogP contribution is -2.38. The van der Waals surface area contributed by atoms with E-state index < -0.39 is 0 Å². The third-order valence-electron chi connectivity index (χ3n) is 2.75. The summed E-state index contributed by atoms with van der Waals surface area (Å²) in [5.41, 5.74) is 0. The van der Waals surface area contributed by atoms with Gasteiger partial charge in [-0.25, -0.2) is 0 Å². The van der Waals surface area contributed by atoms with E-state index in [9.17, 15) is 0 Å². The first-order valence-corrected chi connectivity index (χ1v) is 6.32. The molecule has 0 saturated carbocycles. The second kappa shape index (κ2) is 5.76. The van der Waals surface area contributed by atoms with Crippen LogP contribution in [0.4, 0.5) is 0 Å². The van der Waals surface area contributed by atoms with Crippen LogP contribution in [-0.4, -0.2) is 19.2 Å². The Balaban J connectivity index is 1.90. The van der Waals surface area contributed by atoms with Crippen molar-refractivity contribution >= 4 is 23.2 Å². The highest BCUT2D eigenvalue weighted by Crippen LogP contribution is 2.27. The van der Waals surface area contributed by atoms with Gasteiger partial charge in [-0.2, -0.15) is 0 Å². The summed E-state index contributed by atoms with van der Waals surface area (Å²) in [7, 11) is 0. The highest BCUT2D eigenvalue weighted by atomic mass is 35.5. The second-order valence-electron chi connectivity index (χ2n) is 4.03. The molecule has 88 valence electrons. The number of benzene rings is 1. The van der Waals surface area contributed by atoms with E-state index in [4.69, 9.17) is 27.9 Å². The molecule has 2 rings (SSSR count). The standard InChI is InChI=1S/C12H15Cl2NO/c13-9-4-5-11(14)12(7-9)16-8-10-3-1-2-6-15-10/h4-5,7,10,15H,1-3,6,8H2. The van der Waals surface area contributed by atoms with Gasteiger partial charge in [0.25, 0.3) is 0 Å². The minimum absolute atomic E-state index is 0.434. The summed E-state index contributed by atoms with van der Waals surface area (Å²) in [5, 5.41) is 4.68. The lowest BCUT2D eigenvalue weighted by Gasteiger charge is -2.23. The highest BCUT2D eigenvalue weighted by Gasteiger charge is 2.13. The Morgan fingerprint density at radius 3 is 2.94 bits per heavy atom. The third-order valence-corrected chi connectivity index (χ3v) is 3.29. The van der Waals surface area contributed by atoms with Crippen LogP contribution in [0.25, 0.3) is 0 Å². The largest absolute Gasteiger partial charge is 0.490 e. The predicted molar refractivity (Wildman–Crippen MR) is 67.6 cm³/mol. The van der Waals surface area contributed by atoms with Crippen LogP contribution in [0.3, 0.4) is 0 Å². The average Bonchev–Trinajstić information content (AvgIpc) is 2.32. The maximum Gasteiger partial charge on any atom is 0.139 e. The Morgan fingerprint density at radius 1 is 1.31 bits per heavy atom. The molecular weight excluding hydrogens is 245 g/mol. The molecule has 1 heterocycles. The van der Waals surface area contributed by atoms with Crippen LogP contribution >= 0.6 is 23.2 Å². The van der Waals surface area contributed by atoms with Gasteiger partial charge in [-0.05, 0) is 31.5 Å². The van der Waals surface area contributed by atoms with Crippen molar-refractivity contribution in [2.75, 3.05) is 13.2 Å². The van der Waals surface area contributed by atoms with Crippen molar-refractivity contribution < 1.29 is 4.74 Å². The molecule has 1 fully saturated rings. The monoisotopic (exact) mass is 259 g/mol. The summed E-state index contributed by atoms with van der Waals surface area (Å²) in [6.45, 7) is 1.73. The van der Waals surface area contributed by atoms with E-state index in [1.165, 1.54) is 12.8 Å². The molecule has 0 aromatic heterocycles. The van der Waals surface area contributed by atoms with Crippen molar-refractivity contribution in [2.24, 2.45) is 0 Å². The maximum absolute atomic E-state index is 6.01. The zero-order chi connectivity index (χ0) is 11.4. The first-order valence-electron chi connectivity index (χ1n) is 5.57. The minimum atomic E-state index is 0.434. The van der Waals surface area contributed by atoms with E-state index in [0.717, 1.165) is 13.0 Å². The maximum atomic E-state index is 6.01. The summed E-state index contributed by atoms with van der Waals surface area (Å²) in [6, 6.07) is 5.71. The molecular formula is C12H15Cl2NO. The van der Waals surface area contributed by atoms with Crippen LogP contribution in [0.5, 0.6) is 5.75 Å². The van der Waals surface area contributed by atoms with Gasteiger partial charge in [-0.1, -0.05) is 29.6 Å². The number of hydrogen-bond donors (Lipinski definition) is 1. The van der Waals surface area contributed by atoms with Crippen LogP contribution < -0.4 is 10.1 Å². The van der Waals surface area contributed by atoms with Gasteiger partial charge in [-0.15, -0.1) is 0 Å². The number of hydrogen-bond acceptors (Lipinski definition) is 2. The van der Waals surface area contributed by atoms with Crippen LogP contribution in [0.2, 0.25) is 10.0 Å². The topological polar surface area (TPSA) is 21.3 Å². The Labute approximate surface area is 106 Å². The van der Waals surface area contributed by atoms with Gasteiger partial charge in [0, 0.05) is 17.1 Å². The van der Waals surface area contributed by atoms with Crippen LogP contribution in [0.15, 0.2) is 18.2 Å². The molecule has 16 heavy (non-hydrogen) atoms. The van der Waals surface area contributed by atoms with E-state index in [-0.39, 0.29) is 0 Å². The Kier molecular flexibility index (Phi) is 4.33. The molecule has 2 nitrogen and oxygen atoms in total. The molecule has 1 aliphatic rings. The van der Waals surface area contributed by atoms with E-state index in [1.807, 2.05) is 0 Å². The van der Waals surface area contributed by atoms with Crippen molar-refractivity contribution in [3.8, 4) is 5.75 Å². The summed E-state index contributed by atoms with van der Waals surface area (Å²) in [5.74, 6) is 0.668. The molecule has 4 heteroatoms. The number of piperidine rings is 1. The van der Waals surface area contributed by atoms with Gasteiger partial charge < -0.3 is 10.1 Å². The van der Waals surface area contributed by atoms with Crippen molar-refractivity contribution in [1.29, 1.82) is 0 Å². The molecule has 0 aliphatic carbocycles. The number of halogens is 2. The molecule has 1 aromatic rings. The molecule has 1 aromatic carbocycles. The van der Waals surface area contributed by atoms with Gasteiger partial charge in [0.2, 0.25) is 0 Å².